The molecule has 5 heteroatoms. The van der Waals surface area contributed by atoms with Crippen molar-refractivity contribution in [3.8, 4) is 10.6 Å². The van der Waals surface area contributed by atoms with E-state index in [1.165, 1.54) is 17.4 Å². The van der Waals surface area contributed by atoms with Crippen LogP contribution >= 0.6 is 11.3 Å². The third-order valence-electron chi connectivity index (χ3n) is 2.64. The first-order chi connectivity index (χ1) is 8.61. The molecule has 0 spiro atoms. The average Bonchev–Trinajstić information content (AvgIpc) is 2.82. The van der Waals surface area contributed by atoms with E-state index >= 15 is 0 Å². The number of nitrogens with zero attached hydrogens (tertiary/aromatic N) is 1. The Bertz CT molecular complexity index is 540. The van der Waals surface area contributed by atoms with Crippen LogP contribution in [0.25, 0.3) is 10.6 Å². The van der Waals surface area contributed by atoms with E-state index in [2.05, 4.69) is 10.3 Å². The van der Waals surface area contributed by atoms with Crippen LogP contribution in [-0.4, -0.2) is 11.5 Å². The van der Waals surface area contributed by atoms with Gasteiger partial charge in [0.25, 0.3) is 0 Å². The number of rotatable bonds is 4. The first kappa shape index (κ1) is 13.1. The Kier molecular flexibility index (Phi) is 4.04. The summed E-state index contributed by atoms with van der Waals surface area (Å²) >= 11 is 1.43. The number of hydrogen-bond donors (Lipinski definition) is 1. The lowest BCUT2D eigenvalue weighted by atomic mass is 10.2. The van der Waals surface area contributed by atoms with Gasteiger partial charge < -0.3 is 5.32 Å². The van der Waals surface area contributed by atoms with Crippen molar-refractivity contribution in [2.45, 2.75) is 19.9 Å². The summed E-state index contributed by atoms with van der Waals surface area (Å²) in [5, 5.41) is 5.89. The average molecular weight is 268 g/mol. The molecule has 2 rings (SSSR count). The second-order valence-corrected chi connectivity index (χ2v) is 4.84. The van der Waals surface area contributed by atoms with Crippen molar-refractivity contribution in [2.75, 3.05) is 6.54 Å². The molecule has 0 radical (unpaired) electrons. The van der Waals surface area contributed by atoms with Crippen LogP contribution in [0.5, 0.6) is 0 Å². The van der Waals surface area contributed by atoms with E-state index in [4.69, 9.17) is 0 Å². The van der Waals surface area contributed by atoms with Crippen molar-refractivity contribution in [2.24, 2.45) is 0 Å². The second kappa shape index (κ2) is 5.54. The van der Waals surface area contributed by atoms with Gasteiger partial charge in [0.15, 0.2) is 11.6 Å². The number of halogens is 2. The Hall–Kier alpha value is -1.33. The molecule has 1 N–H and O–H groups in total. The molecule has 0 fully saturated rings. The molecule has 0 saturated heterocycles. The maximum Gasteiger partial charge on any atom is 0.159 e. The SMILES string of the molecule is CCNC(C)c1csc(-c2ccc(F)c(F)c2)n1. The topological polar surface area (TPSA) is 24.9 Å². The molecule has 2 aromatic rings. The standard InChI is InChI=1S/C13H14F2N2S/c1-3-16-8(2)12-7-18-13(17-12)9-4-5-10(14)11(15)6-9/h4-8,16H,3H2,1-2H3. The minimum Gasteiger partial charge on any atom is -0.309 e. The van der Waals surface area contributed by atoms with E-state index in [-0.39, 0.29) is 6.04 Å². The lowest BCUT2D eigenvalue weighted by Crippen LogP contribution is -2.17. The first-order valence-corrected chi connectivity index (χ1v) is 6.64. The predicted molar refractivity (Wildman–Crippen MR) is 69.6 cm³/mol. The Morgan fingerprint density at radius 2 is 2.11 bits per heavy atom. The number of aromatic nitrogens is 1. The Balaban J connectivity index is 2.26. The number of nitrogens with one attached hydrogen (secondary N) is 1. The number of benzene rings is 1. The van der Waals surface area contributed by atoms with Gasteiger partial charge in [-0.3, -0.25) is 0 Å². The molecule has 1 unspecified atom stereocenters. The summed E-state index contributed by atoms with van der Waals surface area (Å²) in [5.41, 5.74) is 1.52. The molecule has 0 saturated carbocycles. The van der Waals surface area contributed by atoms with Crippen molar-refractivity contribution in [3.05, 3.63) is 40.9 Å². The summed E-state index contributed by atoms with van der Waals surface area (Å²) in [6.45, 7) is 4.91. The normalized spacial score (nSPS) is 12.7. The summed E-state index contributed by atoms with van der Waals surface area (Å²) < 4.78 is 26.0. The largest absolute Gasteiger partial charge is 0.309 e. The number of hydrogen-bond acceptors (Lipinski definition) is 3. The fraction of sp³-hybridized carbons (Fsp3) is 0.308. The van der Waals surface area contributed by atoms with Crippen LogP contribution in [0.3, 0.4) is 0 Å². The maximum atomic E-state index is 13.1. The summed E-state index contributed by atoms with van der Waals surface area (Å²) in [4.78, 5) is 4.44. The Labute approximate surface area is 109 Å². The molecule has 0 aliphatic carbocycles. The van der Waals surface area contributed by atoms with Gasteiger partial charge in [0.1, 0.15) is 5.01 Å². The van der Waals surface area contributed by atoms with Crippen LogP contribution < -0.4 is 5.32 Å². The highest BCUT2D eigenvalue weighted by atomic mass is 32.1. The maximum absolute atomic E-state index is 13.1. The molecule has 0 amide bonds. The van der Waals surface area contributed by atoms with Crippen molar-refractivity contribution >= 4 is 11.3 Å². The van der Waals surface area contributed by atoms with Crippen LogP contribution in [0.4, 0.5) is 8.78 Å². The smallest absolute Gasteiger partial charge is 0.159 e. The third-order valence-corrected chi connectivity index (χ3v) is 3.55. The molecule has 18 heavy (non-hydrogen) atoms. The van der Waals surface area contributed by atoms with Gasteiger partial charge >= 0.3 is 0 Å². The van der Waals surface area contributed by atoms with E-state index in [9.17, 15) is 8.78 Å². The van der Waals surface area contributed by atoms with E-state index < -0.39 is 11.6 Å². The van der Waals surface area contributed by atoms with Gasteiger partial charge in [0, 0.05) is 17.0 Å². The van der Waals surface area contributed by atoms with Crippen molar-refractivity contribution in [3.63, 3.8) is 0 Å². The lowest BCUT2D eigenvalue weighted by molar-refractivity contribution is 0.509. The molecule has 0 bridgehead atoms. The summed E-state index contributed by atoms with van der Waals surface area (Å²) in [6.07, 6.45) is 0. The Morgan fingerprint density at radius 3 is 2.78 bits per heavy atom. The minimum absolute atomic E-state index is 0.158. The zero-order valence-corrected chi connectivity index (χ0v) is 11.0. The highest BCUT2D eigenvalue weighted by Crippen LogP contribution is 2.27. The van der Waals surface area contributed by atoms with Gasteiger partial charge in [-0.2, -0.15) is 0 Å². The van der Waals surface area contributed by atoms with Gasteiger partial charge in [-0.15, -0.1) is 11.3 Å². The van der Waals surface area contributed by atoms with Crippen LogP contribution in [0.1, 0.15) is 25.6 Å². The quantitative estimate of drug-likeness (QED) is 0.913. The number of thiazole rings is 1. The van der Waals surface area contributed by atoms with Crippen LogP contribution in [-0.2, 0) is 0 Å². The van der Waals surface area contributed by atoms with Gasteiger partial charge in [-0.05, 0) is 31.7 Å². The summed E-state index contributed by atoms with van der Waals surface area (Å²) in [5.74, 6) is -1.68. The third kappa shape index (κ3) is 2.73. The predicted octanol–water partition coefficient (Wildman–Crippen LogP) is 3.76. The second-order valence-electron chi connectivity index (χ2n) is 3.99. The zero-order chi connectivity index (χ0) is 13.1. The monoisotopic (exact) mass is 268 g/mol. The molecule has 1 aromatic heterocycles. The molecule has 2 nitrogen and oxygen atoms in total. The van der Waals surface area contributed by atoms with E-state index in [0.717, 1.165) is 18.3 Å². The van der Waals surface area contributed by atoms with Crippen LogP contribution in [0.2, 0.25) is 0 Å². The van der Waals surface area contributed by atoms with Gasteiger partial charge in [-0.1, -0.05) is 6.92 Å². The fourth-order valence-electron chi connectivity index (χ4n) is 1.66. The van der Waals surface area contributed by atoms with E-state index in [1.54, 1.807) is 6.07 Å². The Morgan fingerprint density at radius 1 is 1.33 bits per heavy atom. The molecule has 1 aromatic carbocycles. The van der Waals surface area contributed by atoms with Crippen molar-refractivity contribution in [1.29, 1.82) is 0 Å². The van der Waals surface area contributed by atoms with Crippen molar-refractivity contribution < 1.29 is 8.78 Å². The zero-order valence-electron chi connectivity index (χ0n) is 10.2. The van der Waals surface area contributed by atoms with E-state index in [0.29, 0.717) is 10.6 Å². The molecule has 0 aliphatic rings. The molecular formula is C13H14F2N2S. The van der Waals surface area contributed by atoms with Gasteiger partial charge in [-0.25, -0.2) is 13.8 Å². The van der Waals surface area contributed by atoms with Crippen molar-refractivity contribution in [1.82, 2.24) is 10.3 Å². The summed E-state index contributed by atoms with van der Waals surface area (Å²) in [6, 6.07) is 4.00. The summed E-state index contributed by atoms with van der Waals surface area (Å²) in [7, 11) is 0. The minimum atomic E-state index is -0.844. The molecule has 1 heterocycles. The highest BCUT2D eigenvalue weighted by molar-refractivity contribution is 7.13. The van der Waals surface area contributed by atoms with E-state index in [1.807, 2.05) is 19.2 Å². The van der Waals surface area contributed by atoms with Gasteiger partial charge in [0.05, 0.1) is 5.69 Å². The fourth-order valence-corrected chi connectivity index (χ4v) is 2.57. The molecule has 96 valence electrons. The van der Waals surface area contributed by atoms with Crippen LogP contribution in [0, 0.1) is 11.6 Å². The first-order valence-electron chi connectivity index (χ1n) is 5.76. The molecular weight excluding hydrogens is 254 g/mol. The molecule has 0 aliphatic heterocycles. The van der Waals surface area contributed by atoms with Gasteiger partial charge in [0.2, 0.25) is 0 Å². The highest BCUT2D eigenvalue weighted by Gasteiger charge is 2.11. The van der Waals surface area contributed by atoms with Crippen LogP contribution in [0.15, 0.2) is 23.6 Å². The molecule has 1 atom stereocenters. The lowest BCUT2D eigenvalue weighted by Gasteiger charge is -2.08.